The van der Waals surface area contributed by atoms with Crippen molar-refractivity contribution >= 4 is 11.3 Å². The second-order valence-electron chi connectivity index (χ2n) is 4.43. The van der Waals surface area contributed by atoms with Crippen molar-refractivity contribution in [3.05, 3.63) is 44.6 Å². The zero-order valence-corrected chi connectivity index (χ0v) is 11.7. The summed E-state index contributed by atoms with van der Waals surface area (Å²) in [6, 6.07) is 6.26. The average Bonchev–Trinajstić information content (AvgIpc) is 2.66. The first-order valence-corrected chi connectivity index (χ1v) is 7.11. The molecule has 0 fully saturated rings. The molecule has 5 heteroatoms. The maximum atomic E-state index is 13.0. The molecule has 1 aromatic carbocycles. The second kappa shape index (κ2) is 6.12. The van der Waals surface area contributed by atoms with E-state index in [9.17, 15) is 9.18 Å². The molecule has 0 aliphatic rings. The Morgan fingerprint density at radius 2 is 1.95 bits per heavy atom. The second-order valence-corrected chi connectivity index (χ2v) is 5.59. The largest absolute Gasteiger partial charge is 0.330 e. The Labute approximate surface area is 115 Å². The molecule has 0 aliphatic carbocycles. The zero-order chi connectivity index (χ0) is 13.8. The highest BCUT2D eigenvalue weighted by atomic mass is 32.1. The molecular formula is C14H17FN2OS. The van der Waals surface area contributed by atoms with Crippen molar-refractivity contribution < 1.29 is 4.39 Å². The van der Waals surface area contributed by atoms with Gasteiger partial charge in [-0.3, -0.25) is 9.36 Å². The minimum absolute atomic E-state index is 0.0360. The molecule has 0 bridgehead atoms. The summed E-state index contributed by atoms with van der Waals surface area (Å²) in [5.41, 5.74) is 7.25. The number of nitrogens with two attached hydrogens (primary N) is 1. The van der Waals surface area contributed by atoms with Crippen molar-refractivity contribution in [3.63, 3.8) is 0 Å². The van der Waals surface area contributed by atoms with Gasteiger partial charge >= 0.3 is 4.87 Å². The van der Waals surface area contributed by atoms with E-state index < -0.39 is 0 Å². The van der Waals surface area contributed by atoms with Crippen LogP contribution in [0.25, 0.3) is 11.3 Å². The van der Waals surface area contributed by atoms with Crippen LogP contribution in [-0.2, 0) is 6.54 Å². The van der Waals surface area contributed by atoms with Gasteiger partial charge in [0.15, 0.2) is 0 Å². The molecule has 0 unspecified atom stereocenters. The highest BCUT2D eigenvalue weighted by Gasteiger charge is 2.13. The SMILES string of the molecule is Cc1sc(=O)n(CCCCN)c1-c1ccc(F)cc1. The van der Waals surface area contributed by atoms with Gasteiger partial charge in [-0.1, -0.05) is 11.3 Å². The van der Waals surface area contributed by atoms with Crippen molar-refractivity contribution in [1.29, 1.82) is 0 Å². The average molecular weight is 280 g/mol. The third kappa shape index (κ3) is 3.11. The number of halogens is 1. The Morgan fingerprint density at radius 3 is 2.58 bits per heavy atom. The van der Waals surface area contributed by atoms with Crippen LogP contribution in [-0.4, -0.2) is 11.1 Å². The molecule has 2 N–H and O–H groups in total. The number of aryl methyl sites for hydroxylation is 1. The smallest absolute Gasteiger partial charge is 0.307 e. The highest BCUT2D eigenvalue weighted by molar-refractivity contribution is 7.09. The fourth-order valence-corrected chi connectivity index (χ4v) is 2.98. The van der Waals surface area contributed by atoms with Gasteiger partial charge in [0.25, 0.3) is 0 Å². The van der Waals surface area contributed by atoms with Crippen molar-refractivity contribution in [1.82, 2.24) is 4.57 Å². The fourth-order valence-electron chi connectivity index (χ4n) is 2.10. The molecule has 0 saturated heterocycles. The quantitative estimate of drug-likeness (QED) is 0.856. The third-order valence-electron chi connectivity index (χ3n) is 3.02. The van der Waals surface area contributed by atoms with Gasteiger partial charge in [-0.05, 0) is 56.1 Å². The highest BCUT2D eigenvalue weighted by Crippen LogP contribution is 2.25. The summed E-state index contributed by atoms with van der Waals surface area (Å²) >= 11 is 1.24. The van der Waals surface area contributed by atoms with Crippen LogP contribution in [0.3, 0.4) is 0 Å². The summed E-state index contributed by atoms with van der Waals surface area (Å²) in [7, 11) is 0. The number of nitrogens with zero attached hydrogens (tertiary/aromatic N) is 1. The lowest BCUT2D eigenvalue weighted by atomic mass is 10.1. The summed E-state index contributed by atoms with van der Waals surface area (Å²) in [5, 5.41) is 0. The Hall–Kier alpha value is -1.46. The Balaban J connectivity index is 2.38. The molecule has 2 aromatic rings. The van der Waals surface area contributed by atoms with Gasteiger partial charge in [-0.2, -0.15) is 0 Å². The van der Waals surface area contributed by atoms with Crippen LogP contribution >= 0.6 is 11.3 Å². The van der Waals surface area contributed by atoms with Gasteiger partial charge in [0.1, 0.15) is 5.82 Å². The van der Waals surface area contributed by atoms with E-state index in [4.69, 9.17) is 5.73 Å². The monoisotopic (exact) mass is 280 g/mol. The van der Waals surface area contributed by atoms with Crippen LogP contribution in [0.5, 0.6) is 0 Å². The third-order valence-corrected chi connectivity index (χ3v) is 3.91. The standard InChI is InChI=1S/C14H17FN2OS/c1-10-13(11-4-6-12(15)7-5-11)17(14(18)19-10)9-3-2-8-16/h4-7H,2-3,8-9,16H2,1H3. The fraction of sp³-hybridized carbons (Fsp3) is 0.357. The van der Waals surface area contributed by atoms with E-state index >= 15 is 0 Å². The molecule has 1 heterocycles. The van der Waals surface area contributed by atoms with E-state index in [2.05, 4.69) is 0 Å². The van der Waals surface area contributed by atoms with Gasteiger partial charge < -0.3 is 5.73 Å². The van der Waals surface area contributed by atoms with E-state index in [1.165, 1.54) is 23.5 Å². The van der Waals surface area contributed by atoms with Gasteiger partial charge in [0.05, 0.1) is 5.69 Å². The number of unbranched alkanes of at least 4 members (excludes halogenated alkanes) is 1. The molecule has 0 radical (unpaired) electrons. The van der Waals surface area contributed by atoms with Crippen molar-refractivity contribution in [3.8, 4) is 11.3 Å². The molecule has 0 aliphatic heterocycles. The topological polar surface area (TPSA) is 48.0 Å². The molecule has 2 rings (SSSR count). The van der Waals surface area contributed by atoms with Crippen molar-refractivity contribution in [2.45, 2.75) is 26.3 Å². The minimum atomic E-state index is -0.270. The predicted molar refractivity (Wildman–Crippen MR) is 77.0 cm³/mol. The maximum absolute atomic E-state index is 13.0. The van der Waals surface area contributed by atoms with Gasteiger partial charge in [0.2, 0.25) is 0 Å². The molecule has 19 heavy (non-hydrogen) atoms. The lowest BCUT2D eigenvalue weighted by molar-refractivity contribution is 0.611. The number of hydrogen-bond acceptors (Lipinski definition) is 3. The van der Waals surface area contributed by atoms with Crippen molar-refractivity contribution in [2.24, 2.45) is 5.73 Å². The van der Waals surface area contributed by atoms with Crippen LogP contribution in [0.2, 0.25) is 0 Å². The number of hydrogen-bond donors (Lipinski definition) is 1. The molecule has 102 valence electrons. The van der Waals surface area contributed by atoms with E-state index in [-0.39, 0.29) is 10.7 Å². The first-order valence-electron chi connectivity index (χ1n) is 6.29. The maximum Gasteiger partial charge on any atom is 0.307 e. The zero-order valence-electron chi connectivity index (χ0n) is 10.9. The molecule has 1 aromatic heterocycles. The lowest BCUT2D eigenvalue weighted by Crippen LogP contribution is -2.15. The van der Waals surface area contributed by atoms with Crippen LogP contribution in [0.15, 0.2) is 29.1 Å². The number of thiazole rings is 1. The summed E-state index contributed by atoms with van der Waals surface area (Å²) in [5.74, 6) is -0.270. The van der Waals surface area contributed by atoms with E-state index in [0.29, 0.717) is 13.1 Å². The summed E-state index contributed by atoms with van der Waals surface area (Å²) in [4.78, 5) is 13.0. The van der Waals surface area contributed by atoms with Crippen LogP contribution in [0, 0.1) is 12.7 Å². The number of aromatic nitrogens is 1. The Morgan fingerprint density at radius 1 is 1.26 bits per heavy atom. The van der Waals surface area contributed by atoms with Crippen LogP contribution in [0.4, 0.5) is 4.39 Å². The van der Waals surface area contributed by atoms with Crippen LogP contribution < -0.4 is 10.6 Å². The van der Waals surface area contributed by atoms with E-state index in [1.807, 2.05) is 6.92 Å². The lowest BCUT2D eigenvalue weighted by Gasteiger charge is -2.08. The summed E-state index contributed by atoms with van der Waals surface area (Å²) in [6.07, 6.45) is 1.77. The number of rotatable bonds is 5. The molecular weight excluding hydrogens is 263 g/mol. The molecule has 0 spiro atoms. The van der Waals surface area contributed by atoms with Crippen LogP contribution in [0.1, 0.15) is 17.7 Å². The van der Waals surface area contributed by atoms with E-state index in [0.717, 1.165) is 29.0 Å². The molecule has 0 saturated carbocycles. The Bertz CT molecular complexity index is 601. The van der Waals surface area contributed by atoms with Gasteiger partial charge in [-0.15, -0.1) is 0 Å². The molecule has 0 atom stereocenters. The number of benzene rings is 1. The molecule has 0 amide bonds. The van der Waals surface area contributed by atoms with Gasteiger partial charge in [0, 0.05) is 11.4 Å². The summed E-state index contributed by atoms with van der Waals surface area (Å²) in [6.45, 7) is 3.21. The molecule has 3 nitrogen and oxygen atoms in total. The normalized spacial score (nSPS) is 10.9. The first-order chi connectivity index (χ1) is 9.13. The van der Waals surface area contributed by atoms with E-state index in [1.54, 1.807) is 16.7 Å². The first kappa shape index (κ1) is 14.0. The Kier molecular flexibility index (Phi) is 4.50. The predicted octanol–water partition coefficient (Wildman–Crippen LogP) is 2.76. The minimum Gasteiger partial charge on any atom is -0.330 e. The van der Waals surface area contributed by atoms with Crippen molar-refractivity contribution in [2.75, 3.05) is 6.54 Å². The summed E-state index contributed by atoms with van der Waals surface area (Å²) < 4.78 is 14.7. The van der Waals surface area contributed by atoms with Gasteiger partial charge in [-0.25, -0.2) is 4.39 Å².